The van der Waals surface area contributed by atoms with Crippen molar-refractivity contribution in [3.63, 3.8) is 0 Å². The summed E-state index contributed by atoms with van der Waals surface area (Å²) in [6, 6.07) is 13.6. The van der Waals surface area contributed by atoms with Gasteiger partial charge in [-0.25, -0.2) is 4.68 Å². The lowest BCUT2D eigenvalue weighted by molar-refractivity contribution is 0.0995. The highest BCUT2D eigenvalue weighted by molar-refractivity contribution is 6.02. The van der Waals surface area contributed by atoms with Crippen LogP contribution in [-0.2, 0) is 6.54 Å². The van der Waals surface area contributed by atoms with Gasteiger partial charge in [0.15, 0.2) is 5.76 Å². The molecule has 0 aliphatic carbocycles. The van der Waals surface area contributed by atoms with Crippen LogP contribution in [0.1, 0.15) is 27.4 Å². The molecule has 0 aliphatic heterocycles. The van der Waals surface area contributed by atoms with Gasteiger partial charge in [-0.2, -0.15) is 5.10 Å². The second kappa shape index (κ2) is 5.89. The molecule has 0 saturated heterocycles. The van der Waals surface area contributed by atoms with Crippen molar-refractivity contribution in [2.75, 3.05) is 5.32 Å². The number of nitrogens with one attached hydrogen (secondary N) is 1. The van der Waals surface area contributed by atoms with E-state index in [1.165, 1.54) is 6.26 Å². The van der Waals surface area contributed by atoms with E-state index in [1.807, 2.05) is 50.2 Å². The van der Waals surface area contributed by atoms with Crippen molar-refractivity contribution in [3.8, 4) is 0 Å². The van der Waals surface area contributed by atoms with Gasteiger partial charge in [0.05, 0.1) is 18.5 Å². The molecule has 0 atom stereocenters. The third kappa shape index (κ3) is 2.93. The van der Waals surface area contributed by atoms with Gasteiger partial charge in [0.2, 0.25) is 0 Å². The average molecular weight is 295 g/mol. The number of benzene rings is 1. The lowest BCUT2D eigenvalue weighted by Gasteiger charge is -2.08. The first-order valence-electron chi connectivity index (χ1n) is 7.07. The Morgan fingerprint density at radius 2 is 2.00 bits per heavy atom. The molecular formula is C17H17N3O2. The quantitative estimate of drug-likeness (QED) is 0.802. The highest BCUT2D eigenvalue weighted by Gasteiger charge is 2.15. The zero-order chi connectivity index (χ0) is 15.5. The Labute approximate surface area is 128 Å². The number of nitrogens with zero attached hydrogens (tertiary/aromatic N) is 2. The van der Waals surface area contributed by atoms with Crippen molar-refractivity contribution in [1.82, 2.24) is 9.78 Å². The summed E-state index contributed by atoms with van der Waals surface area (Å²) in [5, 5.41) is 7.30. The summed E-state index contributed by atoms with van der Waals surface area (Å²) in [6.07, 6.45) is 1.51. The van der Waals surface area contributed by atoms with Gasteiger partial charge < -0.3 is 9.73 Å². The molecule has 0 radical (unpaired) electrons. The number of aryl methyl sites for hydroxylation is 2. The van der Waals surface area contributed by atoms with Crippen LogP contribution in [0.15, 0.2) is 53.1 Å². The molecule has 0 fully saturated rings. The molecule has 5 heteroatoms. The fourth-order valence-corrected chi connectivity index (χ4v) is 2.30. The third-order valence-electron chi connectivity index (χ3n) is 3.39. The number of hydrogen-bond donors (Lipinski definition) is 1. The molecule has 3 rings (SSSR count). The van der Waals surface area contributed by atoms with E-state index in [0.29, 0.717) is 18.1 Å². The molecule has 5 nitrogen and oxygen atoms in total. The van der Waals surface area contributed by atoms with Crippen LogP contribution < -0.4 is 5.32 Å². The molecule has 0 aliphatic rings. The number of hydrogen-bond acceptors (Lipinski definition) is 3. The van der Waals surface area contributed by atoms with Gasteiger partial charge in [-0.3, -0.25) is 4.79 Å². The van der Waals surface area contributed by atoms with Gasteiger partial charge >= 0.3 is 0 Å². The maximum Gasteiger partial charge on any atom is 0.292 e. The minimum Gasteiger partial charge on any atom is -0.459 e. The minimum atomic E-state index is -0.267. The highest BCUT2D eigenvalue weighted by Crippen LogP contribution is 2.16. The Kier molecular flexibility index (Phi) is 3.78. The molecule has 3 aromatic rings. The number of carbonyl (C=O) groups is 1. The van der Waals surface area contributed by atoms with E-state index in [2.05, 4.69) is 10.4 Å². The first-order valence-corrected chi connectivity index (χ1v) is 7.07. The Balaban J connectivity index is 1.82. The monoisotopic (exact) mass is 295 g/mol. The number of furan rings is 1. The topological polar surface area (TPSA) is 60.1 Å². The van der Waals surface area contributed by atoms with Crippen LogP contribution in [0, 0.1) is 13.8 Å². The van der Waals surface area contributed by atoms with E-state index in [1.54, 1.807) is 10.7 Å². The Bertz CT molecular complexity index is 787. The van der Waals surface area contributed by atoms with E-state index in [4.69, 9.17) is 4.42 Å². The predicted molar refractivity (Wildman–Crippen MR) is 83.9 cm³/mol. The fraction of sp³-hybridized carbons (Fsp3) is 0.176. The Morgan fingerprint density at radius 3 is 2.68 bits per heavy atom. The van der Waals surface area contributed by atoms with Crippen LogP contribution in [-0.4, -0.2) is 15.7 Å². The number of amides is 1. The van der Waals surface area contributed by atoms with E-state index < -0.39 is 0 Å². The summed E-state index contributed by atoms with van der Waals surface area (Å²) < 4.78 is 7.00. The van der Waals surface area contributed by atoms with Crippen molar-refractivity contribution in [1.29, 1.82) is 0 Å². The van der Waals surface area contributed by atoms with Crippen LogP contribution in [0.5, 0.6) is 0 Å². The molecule has 0 saturated carbocycles. The van der Waals surface area contributed by atoms with Gasteiger partial charge in [0, 0.05) is 11.6 Å². The van der Waals surface area contributed by atoms with Crippen molar-refractivity contribution in [2.24, 2.45) is 0 Å². The smallest absolute Gasteiger partial charge is 0.292 e. The maximum absolute atomic E-state index is 12.3. The first-order chi connectivity index (χ1) is 10.6. The van der Waals surface area contributed by atoms with Crippen molar-refractivity contribution in [3.05, 3.63) is 71.3 Å². The van der Waals surface area contributed by atoms with Crippen LogP contribution in [0.4, 0.5) is 5.82 Å². The highest BCUT2D eigenvalue weighted by atomic mass is 16.3. The maximum atomic E-state index is 12.3. The number of aromatic nitrogens is 2. The summed E-state index contributed by atoms with van der Waals surface area (Å²) >= 11 is 0. The third-order valence-corrected chi connectivity index (χ3v) is 3.39. The van der Waals surface area contributed by atoms with E-state index in [0.717, 1.165) is 16.8 Å². The SMILES string of the molecule is Cc1cc(NC(=O)c2occc2C)n(Cc2ccccc2)n1. The number of rotatable bonds is 4. The average Bonchev–Trinajstić information content (AvgIpc) is 3.06. The van der Waals surface area contributed by atoms with Gasteiger partial charge in [-0.1, -0.05) is 30.3 Å². The molecule has 0 unspecified atom stereocenters. The molecule has 2 aromatic heterocycles. The Morgan fingerprint density at radius 1 is 1.23 bits per heavy atom. The molecule has 1 N–H and O–H groups in total. The molecule has 112 valence electrons. The molecule has 1 aromatic carbocycles. The standard InChI is InChI=1S/C17H17N3O2/c1-12-8-9-22-16(12)17(21)18-15-10-13(2)19-20(15)11-14-6-4-3-5-7-14/h3-10H,11H2,1-2H3,(H,18,21). The van der Waals surface area contributed by atoms with E-state index in [-0.39, 0.29) is 5.91 Å². The van der Waals surface area contributed by atoms with Crippen LogP contribution in [0.2, 0.25) is 0 Å². The number of anilines is 1. The van der Waals surface area contributed by atoms with Gasteiger partial charge in [-0.05, 0) is 25.5 Å². The minimum absolute atomic E-state index is 0.267. The summed E-state index contributed by atoms with van der Waals surface area (Å²) in [7, 11) is 0. The van der Waals surface area contributed by atoms with Crippen LogP contribution >= 0.6 is 0 Å². The van der Waals surface area contributed by atoms with E-state index in [9.17, 15) is 4.79 Å². The Hall–Kier alpha value is -2.82. The summed E-state index contributed by atoms with van der Waals surface area (Å²) in [4.78, 5) is 12.3. The predicted octanol–water partition coefficient (Wildman–Crippen LogP) is 3.39. The first kappa shape index (κ1) is 14.1. The van der Waals surface area contributed by atoms with Gasteiger partial charge in [0.25, 0.3) is 5.91 Å². The summed E-state index contributed by atoms with van der Waals surface area (Å²) in [6.45, 7) is 4.33. The van der Waals surface area contributed by atoms with Crippen molar-refractivity contribution in [2.45, 2.75) is 20.4 Å². The van der Waals surface area contributed by atoms with Crippen molar-refractivity contribution < 1.29 is 9.21 Å². The zero-order valence-electron chi connectivity index (χ0n) is 12.5. The second-order valence-electron chi connectivity index (χ2n) is 5.20. The van der Waals surface area contributed by atoms with Crippen molar-refractivity contribution >= 4 is 11.7 Å². The largest absolute Gasteiger partial charge is 0.459 e. The zero-order valence-corrected chi connectivity index (χ0v) is 12.5. The fourth-order valence-electron chi connectivity index (χ4n) is 2.30. The lowest BCUT2D eigenvalue weighted by atomic mass is 10.2. The second-order valence-corrected chi connectivity index (χ2v) is 5.20. The van der Waals surface area contributed by atoms with Crippen LogP contribution in [0.25, 0.3) is 0 Å². The van der Waals surface area contributed by atoms with Gasteiger partial charge in [0.1, 0.15) is 5.82 Å². The molecule has 2 heterocycles. The summed E-state index contributed by atoms with van der Waals surface area (Å²) in [5.74, 6) is 0.712. The van der Waals surface area contributed by atoms with Crippen LogP contribution in [0.3, 0.4) is 0 Å². The molecular weight excluding hydrogens is 278 g/mol. The molecule has 1 amide bonds. The lowest BCUT2D eigenvalue weighted by Crippen LogP contribution is -2.16. The van der Waals surface area contributed by atoms with Gasteiger partial charge in [-0.15, -0.1) is 0 Å². The van der Waals surface area contributed by atoms with E-state index >= 15 is 0 Å². The number of carbonyl (C=O) groups excluding carboxylic acids is 1. The molecule has 0 bridgehead atoms. The normalized spacial score (nSPS) is 10.6. The molecule has 0 spiro atoms. The summed E-state index contributed by atoms with van der Waals surface area (Å²) in [5.41, 5.74) is 2.78. The molecule has 22 heavy (non-hydrogen) atoms.